The van der Waals surface area contributed by atoms with Crippen LogP contribution in [0.4, 0.5) is 5.69 Å². The van der Waals surface area contributed by atoms with E-state index in [1.807, 2.05) is 25.2 Å². The van der Waals surface area contributed by atoms with Crippen molar-refractivity contribution in [3.8, 4) is 11.5 Å². The second kappa shape index (κ2) is 5.71. The summed E-state index contributed by atoms with van der Waals surface area (Å²) in [5.41, 5.74) is 1.06. The first-order valence-corrected chi connectivity index (χ1v) is 5.25. The Hall–Kier alpha value is -1.09. The monoisotopic (exact) mass is 229 g/mol. The smallest absolute Gasteiger partial charge is 0.162 e. The fourth-order valence-corrected chi connectivity index (χ4v) is 1.57. The number of benzene rings is 1. The van der Waals surface area contributed by atoms with Gasteiger partial charge in [0.1, 0.15) is 0 Å². The second-order valence-electron chi connectivity index (χ2n) is 3.15. The van der Waals surface area contributed by atoms with Crippen LogP contribution in [0.25, 0.3) is 0 Å². The molecule has 1 aromatic rings. The van der Waals surface area contributed by atoms with Crippen LogP contribution in [0.1, 0.15) is 0 Å². The van der Waals surface area contributed by atoms with E-state index in [2.05, 4.69) is 4.90 Å². The van der Waals surface area contributed by atoms with Gasteiger partial charge < -0.3 is 14.4 Å². The molecule has 0 fully saturated rings. The van der Waals surface area contributed by atoms with Crippen molar-refractivity contribution < 1.29 is 9.47 Å². The Labute approximate surface area is 95.5 Å². The Morgan fingerprint density at radius 1 is 1.20 bits per heavy atom. The van der Waals surface area contributed by atoms with Gasteiger partial charge in [0.25, 0.3) is 0 Å². The number of alkyl halides is 1. The molecule has 0 atom stereocenters. The molecule has 1 aromatic carbocycles. The summed E-state index contributed by atoms with van der Waals surface area (Å²) in [6, 6.07) is 5.80. The van der Waals surface area contributed by atoms with Crippen molar-refractivity contribution >= 4 is 17.3 Å². The van der Waals surface area contributed by atoms with Gasteiger partial charge in [0.05, 0.1) is 14.2 Å². The van der Waals surface area contributed by atoms with E-state index >= 15 is 0 Å². The molecule has 15 heavy (non-hydrogen) atoms. The Bertz CT molecular complexity index is 317. The van der Waals surface area contributed by atoms with Gasteiger partial charge in [0, 0.05) is 31.2 Å². The number of rotatable bonds is 5. The molecule has 0 N–H and O–H groups in total. The molecule has 0 spiro atoms. The van der Waals surface area contributed by atoms with Crippen LogP contribution in [0.15, 0.2) is 18.2 Å². The van der Waals surface area contributed by atoms with Gasteiger partial charge in [-0.25, -0.2) is 0 Å². The van der Waals surface area contributed by atoms with Gasteiger partial charge in [-0.3, -0.25) is 0 Å². The normalized spacial score (nSPS) is 9.87. The minimum absolute atomic E-state index is 0.602. The molecule has 3 nitrogen and oxygen atoms in total. The van der Waals surface area contributed by atoms with Crippen molar-refractivity contribution in [1.29, 1.82) is 0 Å². The van der Waals surface area contributed by atoms with Crippen LogP contribution in [-0.4, -0.2) is 33.7 Å². The lowest BCUT2D eigenvalue weighted by molar-refractivity contribution is 0.355. The summed E-state index contributed by atoms with van der Waals surface area (Å²) >= 11 is 5.68. The van der Waals surface area contributed by atoms with Gasteiger partial charge in [-0.15, -0.1) is 11.6 Å². The summed E-state index contributed by atoms with van der Waals surface area (Å²) < 4.78 is 10.4. The molecule has 0 aromatic heterocycles. The Balaban J connectivity index is 2.92. The molecular formula is C11H16ClNO2. The van der Waals surface area contributed by atoms with Crippen LogP contribution in [0, 0.1) is 0 Å². The topological polar surface area (TPSA) is 21.7 Å². The Morgan fingerprint density at radius 3 is 2.40 bits per heavy atom. The molecule has 84 valence electrons. The summed E-state index contributed by atoms with van der Waals surface area (Å²) in [4.78, 5) is 2.06. The third kappa shape index (κ3) is 2.93. The Kier molecular flexibility index (Phi) is 4.56. The molecule has 4 heteroatoms. The van der Waals surface area contributed by atoms with Crippen molar-refractivity contribution in [3.63, 3.8) is 0 Å². The van der Waals surface area contributed by atoms with E-state index in [0.29, 0.717) is 5.88 Å². The summed E-state index contributed by atoms with van der Waals surface area (Å²) in [5, 5.41) is 0. The first-order chi connectivity index (χ1) is 7.22. The molecule has 0 saturated heterocycles. The van der Waals surface area contributed by atoms with Crippen LogP contribution in [0.5, 0.6) is 11.5 Å². The number of ether oxygens (including phenoxy) is 2. The zero-order valence-corrected chi connectivity index (χ0v) is 10.0. The van der Waals surface area contributed by atoms with E-state index < -0.39 is 0 Å². The van der Waals surface area contributed by atoms with Gasteiger partial charge in [-0.2, -0.15) is 0 Å². The highest BCUT2D eigenvalue weighted by atomic mass is 35.5. The number of hydrogen-bond acceptors (Lipinski definition) is 3. The third-order valence-corrected chi connectivity index (χ3v) is 2.40. The lowest BCUT2D eigenvalue weighted by Crippen LogP contribution is -2.19. The molecule has 0 amide bonds. The highest BCUT2D eigenvalue weighted by Gasteiger charge is 2.06. The zero-order chi connectivity index (χ0) is 11.3. The average Bonchev–Trinajstić information content (AvgIpc) is 2.28. The minimum atomic E-state index is 0.602. The predicted octanol–water partition coefficient (Wildman–Crippen LogP) is 2.38. The van der Waals surface area contributed by atoms with Crippen molar-refractivity contribution in [2.45, 2.75) is 0 Å². The van der Waals surface area contributed by atoms with Crippen molar-refractivity contribution in [3.05, 3.63) is 18.2 Å². The van der Waals surface area contributed by atoms with Gasteiger partial charge in [0.15, 0.2) is 11.5 Å². The molecule has 0 radical (unpaired) electrons. The molecule has 0 aliphatic carbocycles. The van der Waals surface area contributed by atoms with Crippen LogP contribution >= 0.6 is 11.6 Å². The lowest BCUT2D eigenvalue weighted by atomic mass is 10.2. The van der Waals surface area contributed by atoms with E-state index in [9.17, 15) is 0 Å². The maximum absolute atomic E-state index is 5.68. The fourth-order valence-electron chi connectivity index (χ4n) is 1.32. The zero-order valence-electron chi connectivity index (χ0n) is 9.29. The molecular weight excluding hydrogens is 214 g/mol. The van der Waals surface area contributed by atoms with Gasteiger partial charge in [-0.05, 0) is 12.1 Å². The van der Waals surface area contributed by atoms with Gasteiger partial charge in [0.2, 0.25) is 0 Å². The molecule has 0 aliphatic heterocycles. The van der Waals surface area contributed by atoms with E-state index in [1.54, 1.807) is 14.2 Å². The minimum Gasteiger partial charge on any atom is -0.493 e. The summed E-state index contributed by atoms with van der Waals surface area (Å²) in [5.74, 6) is 2.07. The molecule has 1 rings (SSSR count). The SMILES string of the molecule is COc1ccc(N(C)CCCl)cc1OC. The van der Waals surface area contributed by atoms with E-state index in [4.69, 9.17) is 21.1 Å². The van der Waals surface area contributed by atoms with Crippen molar-refractivity contribution in [1.82, 2.24) is 0 Å². The van der Waals surface area contributed by atoms with Crippen LogP contribution in [0.3, 0.4) is 0 Å². The van der Waals surface area contributed by atoms with Gasteiger partial charge in [-0.1, -0.05) is 0 Å². The maximum Gasteiger partial charge on any atom is 0.162 e. The predicted molar refractivity (Wildman–Crippen MR) is 63.5 cm³/mol. The first-order valence-electron chi connectivity index (χ1n) is 4.72. The number of halogens is 1. The van der Waals surface area contributed by atoms with Crippen LogP contribution in [-0.2, 0) is 0 Å². The van der Waals surface area contributed by atoms with E-state index in [0.717, 1.165) is 23.7 Å². The molecule has 0 saturated carbocycles. The number of nitrogens with zero attached hydrogens (tertiary/aromatic N) is 1. The Morgan fingerprint density at radius 2 is 1.87 bits per heavy atom. The largest absolute Gasteiger partial charge is 0.493 e. The van der Waals surface area contributed by atoms with Crippen molar-refractivity contribution in [2.75, 3.05) is 38.6 Å². The van der Waals surface area contributed by atoms with Crippen LogP contribution < -0.4 is 14.4 Å². The molecule has 0 bridgehead atoms. The highest BCUT2D eigenvalue weighted by molar-refractivity contribution is 6.18. The number of hydrogen-bond donors (Lipinski definition) is 0. The fraction of sp³-hybridized carbons (Fsp3) is 0.455. The summed E-state index contributed by atoms with van der Waals surface area (Å²) in [6.45, 7) is 0.803. The van der Waals surface area contributed by atoms with Gasteiger partial charge >= 0.3 is 0 Å². The van der Waals surface area contributed by atoms with E-state index in [-0.39, 0.29) is 0 Å². The summed E-state index contributed by atoms with van der Waals surface area (Å²) in [6.07, 6.45) is 0. The average molecular weight is 230 g/mol. The standard InChI is InChI=1S/C11H16ClNO2/c1-13(7-6-12)9-4-5-10(14-2)11(8-9)15-3/h4-5,8H,6-7H2,1-3H3. The number of anilines is 1. The summed E-state index contributed by atoms with van der Waals surface area (Å²) in [7, 11) is 5.24. The third-order valence-electron chi connectivity index (χ3n) is 2.23. The van der Waals surface area contributed by atoms with Crippen LogP contribution in [0.2, 0.25) is 0 Å². The van der Waals surface area contributed by atoms with E-state index in [1.165, 1.54) is 0 Å². The number of methoxy groups -OCH3 is 2. The molecule has 0 aliphatic rings. The highest BCUT2D eigenvalue weighted by Crippen LogP contribution is 2.30. The lowest BCUT2D eigenvalue weighted by Gasteiger charge is -2.19. The van der Waals surface area contributed by atoms with Crippen molar-refractivity contribution in [2.24, 2.45) is 0 Å². The molecule has 0 unspecified atom stereocenters. The quantitative estimate of drug-likeness (QED) is 0.724. The molecule has 0 heterocycles. The first kappa shape index (κ1) is 12.0. The maximum atomic E-state index is 5.68. The second-order valence-corrected chi connectivity index (χ2v) is 3.53.